The van der Waals surface area contributed by atoms with E-state index in [1.165, 1.54) is 32.3 Å². The molecule has 72 heavy (non-hydrogen) atoms. The summed E-state index contributed by atoms with van der Waals surface area (Å²) in [5.41, 5.74) is 12.4. The van der Waals surface area contributed by atoms with Crippen LogP contribution in [0.5, 0.6) is 0 Å². The number of hydrogen-bond acceptors (Lipinski definition) is 6. The normalized spacial score (nSPS) is 12.2. The number of furan rings is 3. The summed E-state index contributed by atoms with van der Waals surface area (Å²) in [6.45, 7) is 0. The van der Waals surface area contributed by atoms with Crippen LogP contribution in [0.4, 0.5) is 0 Å². The van der Waals surface area contributed by atoms with Gasteiger partial charge in [-0.15, -0.1) is 0 Å². The van der Waals surface area contributed by atoms with Crippen LogP contribution in [0.25, 0.3) is 160 Å². The molecule has 0 bridgehead atoms. The lowest BCUT2D eigenvalue weighted by Gasteiger charge is -2.16. The van der Waals surface area contributed by atoms with Gasteiger partial charge in [-0.1, -0.05) is 133 Å². The second-order valence-corrected chi connectivity index (χ2v) is 18.7. The zero-order valence-electron chi connectivity index (χ0n) is 38.3. The summed E-state index contributed by atoms with van der Waals surface area (Å²) in [6, 6.07) is 76.4. The molecule has 0 aliphatic rings. The maximum atomic E-state index is 6.59. The Morgan fingerprint density at radius 3 is 1.29 bits per heavy atom. The van der Waals surface area contributed by atoms with Crippen molar-refractivity contribution in [3.63, 3.8) is 0 Å². The van der Waals surface area contributed by atoms with Gasteiger partial charge in [-0.05, 0) is 118 Å². The Bertz CT molecular complexity index is 4730. The molecule has 0 atom stereocenters. The molecule has 16 aromatic rings. The van der Waals surface area contributed by atoms with Gasteiger partial charge in [-0.3, -0.25) is 0 Å². The number of para-hydroxylation sites is 3. The van der Waals surface area contributed by atoms with Gasteiger partial charge in [0.05, 0.1) is 11.0 Å². The summed E-state index contributed by atoms with van der Waals surface area (Å²) in [6.07, 6.45) is 0. The van der Waals surface area contributed by atoms with E-state index >= 15 is 0 Å². The van der Waals surface area contributed by atoms with Crippen molar-refractivity contribution < 1.29 is 13.3 Å². The molecule has 16 rings (SSSR count). The predicted octanol–water partition coefficient (Wildman–Crippen LogP) is 17.6. The molecule has 0 unspecified atom stereocenters. The third-order valence-corrected chi connectivity index (χ3v) is 14.6. The fraction of sp³-hybridized carbons (Fsp3) is 0. The van der Waals surface area contributed by atoms with Crippen molar-refractivity contribution in [3.05, 3.63) is 218 Å². The Morgan fingerprint density at radius 2 is 0.722 bits per heavy atom. The van der Waals surface area contributed by atoms with Crippen molar-refractivity contribution in [3.8, 4) is 51.0 Å². The highest BCUT2D eigenvalue weighted by molar-refractivity contribution is 6.18. The van der Waals surface area contributed by atoms with Crippen LogP contribution in [0.1, 0.15) is 0 Å². The quantitative estimate of drug-likeness (QED) is 0.171. The van der Waals surface area contributed by atoms with Crippen LogP contribution in [0.15, 0.2) is 232 Å². The molecule has 0 amide bonds. The zero-order chi connectivity index (χ0) is 47.0. The molecule has 0 aliphatic heterocycles. The second-order valence-electron chi connectivity index (χ2n) is 18.7. The van der Waals surface area contributed by atoms with Crippen LogP contribution in [0.3, 0.4) is 0 Å². The van der Waals surface area contributed by atoms with Gasteiger partial charge in [0.2, 0.25) is 0 Å². The fourth-order valence-electron chi connectivity index (χ4n) is 11.3. The standard InChI is InChI=1S/C65H36N4O3/c1-3-15-39-33-53-51(31-37(39)13-1)52-32-38-14-2-4-16-40(38)34-54(52)69(53)42-28-30-45(50(36-42)41-27-29-44-43-17-5-8-22-55(43)72-60(44)35-41)63-66-64(48-20-11-25-58-61(48)46-18-6-9-23-56(46)70-58)68-65(67-63)49-21-12-26-59-62(49)47-19-7-10-24-57(47)71-59/h1-36H. The van der Waals surface area contributed by atoms with Crippen LogP contribution in [0, 0.1) is 0 Å². The topological polar surface area (TPSA) is 83.0 Å². The van der Waals surface area contributed by atoms with Gasteiger partial charge in [-0.2, -0.15) is 0 Å². The van der Waals surface area contributed by atoms with Gasteiger partial charge >= 0.3 is 0 Å². The van der Waals surface area contributed by atoms with Crippen LogP contribution in [-0.2, 0) is 0 Å². The van der Waals surface area contributed by atoms with E-state index in [4.69, 9.17) is 28.2 Å². The largest absolute Gasteiger partial charge is 0.456 e. The third-order valence-electron chi connectivity index (χ3n) is 14.6. The number of hydrogen-bond donors (Lipinski definition) is 0. The summed E-state index contributed by atoms with van der Waals surface area (Å²) in [7, 11) is 0. The SMILES string of the molecule is c1ccc2cc3c(cc2c1)c1cc2ccccc2cc1n3-c1ccc(-c2nc(-c3cccc4oc5ccccc5c34)nc(-c3cccc4oc5ccccc5c34)n2)c(-c2ccc3c(c2)oc2ccccc23)c1. The molecule has 0 radical (unpaired) electrons. The molecule has 334 valence electrons. The average molecular weight is 921 g/mol. The molecule has 7 heteroatoms. The van der Waals surface area contributed by atoms with E-state index in [-0.39, 0.29) is 0 Å². The Labute approximate surface area is 409 Å². The molecular weight excluding hydrogens is 885 g/mol. The first-order valence-corrected chi connectivity index (χ1v) is 24.1. The highest BCUT2D eigenvalue weighted by Crippen LogP contribution is 2.44. The van der Waals surface area contributed by atoms with Gasteiger partial charge in [0.25, 0.3) is 0 Å². The number of rotatable bonds is 5. The Balaban J connectivity index is 1.01. The van der Waals surface area contributed by atoms with Crippen molar-refractivity contribution >= 4 is 109 Å². The van der Waals surface area contributed by atoms with Crippen molar-refractivity contribution in [1.82, 2.24) is 19.5 Å². The minimum atomic E-state index is 0.523. The maximum absolute atomic E-state index is 6.59. The van der Waals surface area contributed by atoms with Gasteiger partial charge in [0.1, 0.15) is 33.5 Å². The fourth-order valence-corrected chi connectivity index (χ4v) is 11.3. The molecule has 0 spiro atoms. The molecule has 0 fully saturated rings. The number of aromatic nitrogens is 4. The molecular formula is C65H36N4O3. The van der Waals surface area contributed by atoms with Crippen LogP contribution in [0.2, 0.25) is 0 Å². The molecule has 5 aromatic heterocycles. The second kappa shape index (κ2) is 14.8. The Kier molecular flexibility index (Phi) is 8.04. The van der Waals surface area contributed by atoms with Crippen molar-refractivity contribution in [2.75, 3.05) is 0 Å². The lowest BCUT2D eigenvalue weighted by molar-refractivity contribution is 0.668. The zero-order valence-corrected chi connectivity index (χ0v) is 38.3. The maximum Gasteiger partial charge on any atom is 0.164 e. The first kappa shape index (κ1) is 39.0. The molecule has 11 aromatic carbocycles. The van der Waals surface area contributed by atoms with E-state index in [2.05, 4.69) is 150 Å². The summed E-state index contributed by atoms with van der Waals surface area (Å²) in [5, 5.41) is 13.1. The van der Waals surface area contributed by atoms with Crippen molar-refractivity contribution in [2.24, 2.45) is 0 Å². The summed E-state index contributed by atoms with van der Waals surface area (Å²) in [5.74, 6) is 1.58. The molecule has 7 nitrogen and oxygen atoms in total. The minimum Gasteiger partial charge on any atom is -0.456 e. The van der Waals surface area contributed by atoms with Gasteiger partial charge in [-0.25, -0.2) is 15.0 Å². The highest BCUT2D eigenvalue weighted by Gasteiger charge is 2.24. The van der Waals surface area contributed by atoms with Crippen molar-refractivity contribution in [1.29, 1.82) is 0 Å². The third kappa shape index (κ3) is 5.76. The average Bonchev–Trinajstić information content (AvgIpc) is 4.20. The van der Waals surface area contributed by atoms with Gasteiger partial charge in [0, 0.05) is 65.5 Å². The van der Waals surface area contributed by atoms with Crippen LogP contribution in [-0.4, -0.2) is 19.5 Å². The predicted molar refractivity (Wildman–Crippen MR) is 293 cm³/mol. The molecule has 0 aliphatic carbocycles. The first-order chi connectivity index (χ1) is 35.6. The number of nitrogens with zero attached hydrogens (tertiary/aromatic N) is 4. The Hall–Kier alpha value is -9.85. The Morgan fingerprint density at radius 1 is 0.278 bits per heavy atom. The first-order valence-electron chi connectivity index (χ1n) is 24.1. The van der Waals surface area contributed by atoms with E-state index in [1.54, 1.807) is 0 Å². The summed E-state index contributed by atoms with van der Waals surface area (Å²) >= 11 is 0. The van der Waals surface area contributed by atoms with E-state index in [0.717, 1.165) is 110 Å². The lowest BCUT2D eigenvalue weighted by Crippen LogP contribution is -2.02. The molecule has 0 saturated heterocycles. The number of fused-ring (bicyclic) bond motifs is 14. The lowest BCUT2D eigenvalue weighted by atomic mass is 9.96. The van der Waals surface area contributed by atoms with E-state index < -0.39 is 0 Å². The number of benzene rings is 11. The van der Waals surface area contributed by atoms with Crippen LogP contribution < -0.4 is 0 Å². The molecule has 0 N–H and O–H groups in total. The summed E-state index contributed by atoms with van der Waals surface area (Å²) < 4.78 is 21.9. The smallest absolute Gasteiger partial charge is 0.164 e. The van der Waals surface area contributed by atoms with Gasteiger partial charge < -0.3 is 17.8 Å². The molecule has 5 heterocycles. The van der Waals surface area contributed by atoms with Crippen molar-refractivity contribution in [2.45, 2.75) is 0 Å². The van der Waals surface area contributed by atoms with Gasteiger partial charge in [0.15, 0.2) is 17.5 Å². The van der Waals surface area contributed by atoms with E-state index in [9.17, 15) is 0 Å². The van der Waals surface area contributed by atoms with E-state index in [1.807, 2.05) is 72.8 Å². The summed E-state index contributed by atoms with van der Waals surface area (Å²) in [4.78, 5) is 16.4. The van der Waals surface area contributed by atoms with Crippen LogP contribution >= 0.6 is 0 Å². The molecule has 0 saturated carbocycles. The highest BCUT2D eigenvalue weighted by atomic mass is 16.3. The minimum absolute atomic E-state index is 0.523. The monoisotopic (exact) mass is 920 g/mol. The van der Waals surface area contributed by atoms with E-state index in [0.29, 0.717) is 17.5 Å².